The van der Waals surface area contributed by atoms with E-state index in [2.05, 4.69) is 5.32 Å². The van der Waals surface area contributed by atoms with Crippen molar-refractivity contribution in [2.75, 3.05) is 12.1 Å². The third-order valence-electron chi connectivity index (χ3n) is 5.66. The van der Waals surface area contributed by atoms with Crippen LogP contribution >= 0.6 is 0 Å². The van der Waals surface area contributed by atoms with Gasteiger partial charge >= 0.3 is 0 Å². The minimum atomic E-state index is -0.123. The van der Waals surface area contributed by atoms with Crippen molar-refractivity contribution in [3.05, 3.63) is 53.6 Å². The number of ether oxygens (including phenoxy) is 2. The maximum atomic E-state index is 13.5. The molecular weight excluding hydrogens is 382 g/mol. The van der Waals surface area contributed by atoms with Crippen LogP contribution in [0.1, 0.15) is 48.5 Å². The predicted molar refractivity (Wildman–Crippen MR) is 113 cm³/mol. The molecule has 0 unspecified atom stereocenters. The molecule has 7 heteroatoms. The molecule has 3 N–H and O–H groups in total. The van der Waals surface area contributed by atoms with Crippen molar-refractivity contribution in [3.8, 4) is 11.5 Å². The van der Waals surface area contributed by atoms with Crippen LogP contribution in [0.3, 0.4) is 0 Å². The smallest absolute Gasteiger partial charge is 0.254 e. The molecule has 2 aromatic rings. The van der Waals surface area contributed by atoms with E-state index in [0.717, 1.165) is 36.9 Å². The molecule has 0 radical (unpaired) electrons. The first-order valence-corrected chi connectivity index (χ1v) is 10.3. The number of carbonyl (C=O) groups excluding carboxylic acids is 2. The number of hydrogen-bond acceptors (Lipinski definition) is 5. The normalized spacial score (nSPS) is 19.9. The largest absolute Gasteiger partial charge is 0.454 e. The van der Waals surface area contributed by atoms with Crippen molar-refractivity contribution in [2.24, 2.45) is 5.73 Å². The molecule has 1 aliphatic heterocycles. The zero-order chi connectivity index (χ0) is 21.1. The van der Waals surface area contributed by atoms with Gasteiger partial charge in [0.25, 0.3) is 5.91 Å². The Morgan fingerprint density at radius 2 is 1.83 bits per heavy atom. The molecule has 7 nitrogen and oxygen atoms in total. The van der Waals surface area contributed by atoms with Crippen LogP contribution in [-0.4, -0.2) is 35.6 Å². The fourth-order valence-corrected chi connectivity index (χ4v) is 4.12. The van der Waals surface area contributed by atoms with E-state index in [4.69, 9.17) is 15.2 Å². The Hall–Kier alpha value is -3.06. The molecule has 1 aliphatic carbocycles. The van der Waals surface area contributed by atoms with E-state index in [1.807, 2.05) is 29.2 Å². The Bertz CT molecular complexity index is 938. The van der Waals surface area contributed by atoms with E-state index in [9.17, 15) is 9.59 Å². The zero-order valence-electron chi connectivity index (χ0n) is 17.1. The van der Waals surface area contributed by atoms with Gasteiger partial charge in [-0.05, 0) is 61.6 Å². The molecule has 0 spiro atoms. The van der Waals surface area contributed by atoms with Crippen molar-refractivity contribution in [3.63, 3.8) is 0 Å². The molecule has 0 saturated heterocycles. The van der Waals surface area contributed by atoms with Gasteiger partial charge in [-0.15, -0.1) is 0 Å². The first-order valence-electron chi connectivity index (χ1n) is 10.3. The summed E-state index contributed by atoms with van der Waals surface area (Å²) >= 11 is 0. The highest BCUT2D eigenvalue weighted by atomic mass is 16.7. The fraction of sp³-hybridized carbons (Fsp3) is 0.391. The standard InChI is InChI=1S/C23H27N3O4/c1-15(27)25-19-4-2-3-16(11-19)13-26(20-8-6-18(24)7-9-20)23(28)17-5-10-21-22(12-17)30-14-29-21/h2-5,10-12,18,20H,6-9,13-14,24H2,1H3,(H,25,27). The van der Waals surface area contributed by atoms with Gasteiger partial charge in [-0.25, -0.2) is 0 Å². The van der Waals surface area contributed by atoms with E-state index >= 15 is 0 Å². The Kier molecular flexibility index (Phi) is 5.90. The predicted octanol–water partition coefficient (Wildman–Crippen LogP) is 3.29. The lowest BCUT2D eigenvalue weighted by atomic mass is 9.90. The minimum Gasteiger partial charge on any atom is -0.454 e. The Morgan fingerprint density at radius 1 is 1.07 bits per heavy atom. The van der Waals surface area contributed by atoms with Gasteiger partial charge in [0.05, 0.1) is 0 Å². The number of benzene rings is 2. The van der Waals surface area contributed by atoms with Crippen molar-refractivity contribution in [1.82, 2.24) is 4.90 Å². The summed E-state index contributed by atoms with van der Waals surface area (Å²) in [6.45, 7) is 2.11. The summed E-state index contributed by atoms with van der Waals surface area (Å²) in [4.78, 5) is 26.8. The number of carbonyl (C=O) groups is 2. The lowest BCUT2D eigenvalue weighted by Gasteiger charge is -2.36. The van der Waals surface area contributed by atoms with E-state index in [0.29, 0.717) is 23.6 Å². The molecule has 2 amide bonds. The molecule has 0 atom stereocenters. The summed E-state index contributed by atoms with van der Waals surface area (Å²) in [6.07, 6.45) is 3.56. The number of nitrogens with zero attached hydrogens (tertiary/aromatic N) is 1. The van der Waals surface area contributed by atoms with Gasteiger partial charge < -0.3 is 25.4 Å². The zero-order valence-corrected chi connectivity index (χ0v) is 17.1. The summed E-state index contributed by atoms with van der Waals surface area (Å²) in [6, 6.07) is 13.2. The first-order chi connectivity index (χ1) is 14.5. The number of amides is 2. The quantitative estimate of drug-likeness (QED) is 0.790. The molecule has 1 heterocycles. The highest BCUT2D eigenvalue weighted by Gasteiger charge is 2.29. The lowest BCUT2D eigenvalue weighted by molar-refractivity contribution is -0.114. The molecule has 158 valence electrons. The molecule has 4 rings (SSSR count). The molecule has 30 heavy (non-hydrogen) atoms. The second-order valence-corrected chi connectivity index (χ2v) is 7.95. The first kappa shape index (κ1) is 20.2. The van der Waals surface area contributed by atoms with Gasteiger partial charge in [-0.2, -0.15) is 0 Å². The van der Waals surface area contributed by atoms with Gasteiger partial charge in [-0.3, -0.25) is 9.59 Å². The summed E-state index contributed by atoms with van der Waals surface area (Å²) in [5.41, 5.74) is 8.35. The van der Waals surface area contributed by atoms with Crippen LogP contribution in [0, 0.1) is 0 Å². The van der Waals surface area contributed by atoms with Gasteiger partial charge in [0, 0.05) is 36.8 Å². The second-order valence-electron chi connectivity index (χ2n) is 7.95. The summed E-state index contributed by atoms with van der Waals surface area (Å²) in [5.74, 6) is 1.09. The van der Waals surface area contributed by atoms with Crippen molar-refractivity contribution >= 4 is 17.5 Å². The van der Waals surface area contributed by atoms with Crippen molar-refractivity contribution in [1.29, 1.82) is 0 Å². The minimum absolute atomic E-state index is 0.0429. The fourth-order valence-electron chi connectivity index (χ4n) is 4.12. The van der Waals surface area contributed by atoms with Crippen LogP contribution < -0.4 is 20.5 Å². The van der Waals surface area contributed by atoms with E-state index < -0.39 is 0 Å². The van der Waals surface area contributed by atoms with E-state index in [-0.39, 0.29) is 30.7 Å². The number of hydrogen-bond donors (Lipinski definition) is 2. The van der Waals surface area contributed by atoms with Gasteiger partial charge in [0.2, 0.25) is 12.7 Å². The molecular formula is C23H27N3O4. The number of nitrogens with two attached hydrogens (primary N) is 1. The molecule has 0 bridgehead atoms. The molecule has 2 aliphatic rings. The average Bonchev–Trinajstić information content (AvgIpc) is 3.20. The van der Waals surface area contributed by atoms with Crippen LogP contribution in [0.2, 0.25) is 0 Å². The molecule has 1 fully saturated rings. The highest BCUT2D eigenvalue weighted by molar-refractivity contribution is 5.95. The number of nitrogens with one attached hydrogen (secondary N) is 1. The third kappa shape index (κ3) is 4.57. The van der Waals surface area contributed by atoms with Crippen molar-refractivity contribution < 1.29 is 19.1 Å². The Labute approximate surface area is 176 Å². The van der Waals surface area contributed by atoms with Crippen molar-refractivity contribution in [2.45, 2.75) is 51.2 Å². The van der Waals surface area contributed by atoms with Gasteiger partial charge in [-0.1, -0.05) is 12.1 Å². The van der Waals surface area contributed by atoms with Crippen LogP contribution in [0.15, 0.2) is 42.5 Å². The summed E-state index contributed by atoms with van der Waals surface area (Å²) in [5, 5.41) is 2.80. The topological polar surface area (TPSA) is 93.9 Å². The van der Waals surface area contributed by atoms with Crippen LogP contribution in [0.25, 0.3) is 0 Å². The molecule has 2 aromatic carbocycles. The third-order valence-corrected chi connectivity index (χ3v) is 5.66. The van der Waals surface area contributed by atoms with Gasteiger partial charge in [0.15, 0.2) is 11.5 Å². The summed E-state index contributed by atoms with van der Waals surface area (Å²) < 4.78 is 10.8. The maximum Gasteiger partial charge on any atom is 0.254 e. The number of anilines is 1. The van der Waals surface area contributed by atoms with Crippen LogP contribution in [0.5, 0.6) is 11.5 Å². The highest BCUT2D eigenvalue weighted by Crippen LogP contribution is 2.34. The SMILES string of the molecule is CC(=O)Nc1cccc(CN(C(=O)c2ccc3c(c2)OCO3)C2CCC(N)CC2)c1. The lowest BCUT2D eigenvalue weighted by Crippen LogP contribution is -2.43. The monoisotopic (exact) mass is 409 g/mol. The average molecular weight is 409 g/mol. The Morgan fingerprint density at radius 3 is 2.60 bits per heavy atom. The Balaban J connectivity index is 1.59. The van der Waals surface area contributed by atoms with E-state index in [1.165, 1.54) is 6.92 Å². The molecule has 1 saturated carbocycles. The molecule has 0 aromatic heterocycles. The van der Waals surface area contributed by atoms with E-state index in [1.54, 1.807) is 18.2 Å². The summed E-state index contributed by atoms with van der Waals surface area (Å²) in [7, 11) is 0. The van der Waals surface area contributed by atoms with Crippen LogP contribution in [0.4, 0.5) is 5.69 Å². The number of fused-ring (bicyclic) bond motifs is 1. The van der Waals surface area contributed by atoms with Crippen LogP contribution in [-0.2, 0) is 11.3 Å². The maximum absolute atomic E-state index is 13.5. The second kappa shape index (κ2) is 8.75. The van der Waals surface area contributed by atoms with Gasteiger partial charge in [0.1, 0.15) is 0 Å². The number of rotatable bonds is 5.